The van der Waals surface area contributed by atoms with Gasteiger partial charge in [-0.25, -0.2) is 22.0 Å². The van der Waals surface area contributed by atoms with Crippen molar-refractivity contribution in [3.8, 4) is 11.4 Å². The van der Waals surface area contributed by atoms with Gasteiger partial charge in [-0.1, -0.05) is 6.07 Å². The molecule has 0 spiro atoms. The molecule has 2 rings (SSSR count). The number of primary sulfonamides is 1. The Morgan fingerprint density at radius 3 is 2.35 bits per heavy atom. The summed E-state index contributed by atoms with van der Waals surface area (Å²) < 4.78 is 48.6. The molecule has 0 bridgehead atoms. The summed E-state index contributed by atoms with van der Waals surface area (Å²) in [4.78, 5) is -0.740. The van der Waals surface area contributed by atoms with Gasteiger partial charge >= 0.3 is 0 Å². The maximum Gasteiger partial charge on any atom is 0.238 e. The molecule has 1 heterocycles. The number of rotatable bonds is 6. The number of aromatic nitrogens is 4. The quantitative estimate of drug-likeness (QED) is 0.431. The molecule has 0 aliphatic rings. The Hall–Kier alpha value is -1.93. The molecule has 11 nitrogen and oxygen atoms in total. The van der Waals surface area contributed by atoms with Crippen LogP contribution in [0.4, 0.5) is 0 Å². The van der Waals surface area contributed by atoms with E-state index in [1.165, 1.54) is 12.1 Å². The highest BCUT2D eigenvalue weighted by molar-refractivity contribution is 7.92. The second-order valence-electron chi connectivity index (χ2n) is 4.69. The predicted molar refractivity (Wildman–Crippen MR) is 80.1 cm³/mol. The van der Waals surface area contributed by atoms with Crippen LogP contribution in [-0.2, 0) is 19.9 Å². The van der Waals surface area contributed by atoms with E-state index in [1.807, 2.05) is 0 Å². The zero-order valence-corrected chi connectivity index (χ0v) is 13.4. The Morgan fingerprint density at radius 1 is 1.17 bits per heavy atom. The van der Waals surface area contributed by atoms with E-state index in [4.69, 9.17) is 16.6 Å². The summed E-state index contributed by atoms with van der Waals surface area (Å²) in [5.41, 5.74) is 10.7. The number of aromatic amines is 1. The summed E-state index contributed by atoms with van der Waals surface area (Å²) in [7, 11) is -8.18. The molecule has 0 aliphatic heterocycles. The molecule has 13 heteroatoms. The predicted octanol–water partition coefficient (Wildman–Crippen LogP) is -2.43. The van der Waals surface area contributed by atoms with Gasteiger partial charge in [0, 0.05) is 12.6 Å². The van der Waals surface area contributed by atoms with Gasteiger partial charge in [0.2, 0.25) is 15.8 Å². The number of benzene rings is 1. The van der Waals surface area contributed by atoms with Crippen molar-refractivity contribution in [1.82, 2.24) is 20.6 Å². The van der Waals surface area contributed by atoms with Crippen LogP contribution in [0.5, 0.6) is 0 Å². The first kappa shape index (κ1) is 17.4. The van der Waals surface area contributed by atoms with Crippen molar-refractivity contribution in [1.29, 1.82) is 0 Å². The number of H-pyrrole nitrogens is 1. The average Bonchev–Trinajstić information content (AvgIpc) is 2.99. The normalized spacial score (nSPS) is 13.9. The molecule has 0 fully saturated rings. The number of sulfonamides is 1. The largest absolute Gasteiger partial charge is 0.329 e. The number of nitrogens with zero attached hydrogens (tertiary/aromatic N) is 3. The number of tetrazole rings is 1. The van der Waals surface area contributed by atoms with Crippen LogP contribution in [0.3, 0.4) is 0 Å². The molecule has 1 atom stereocenters. The zero-order chi connectivity index (χ0) is 17.3. The Balaban J connectivity index is 2.75. The van der Waals surface area contributed by atoms with Crippen LogP contribution in [0.25, 0.3) is 11.4 Å². The highest BCUT2D eigenvalue weighted by Crippen LogP contribution is 2.31. The lowest BCUT2D eigenvalue weighted by atomic mass is 10.2. The highest BCUT2D eigenvalue weighted by atomic mass is 32.2. The third-order valence-corrected chi connectivity index (χ3v) is 5.77. The molecule has 0 radical (unpaired) electrons. The van der Waals surface area contributed by atoms with Gasteiger partial charge in [0.25, 0.3) is 0 Å². The lowest BCUT2D eigenvalue weighted by Gasteiger charge is -2.14. The molecular formula is C10H15N7O4S2. The fourth-order valence-corrected chi connectivity index (χ4v) is 4.43. The van der Waals surface area contributed by atoms with Crippen molar-refractivity contribution in [3.63, 3.8) is 0 Å². The minimum absolute atomic E-state index is 0.0499. The van der Waals surface area contributed by atoms with Crippen LogP contribution in [-0.4, -0.2) is 55.8 Å². The van der Waals surface area contributed by atoms with E-state index in [1.54, 1.807) is 0 Å². The number of nitrogens with two attached hydrogens (primary N) is 3. The molecule has 0 saturated carbocycles. The zero-order valence-electron chi connectivity index (χ0n) is 11.7. The van der Waals surface area contributed by atoms with Gasteiger partial charge in [-0.15, -0.1) is 10.2 Å². The van der Waals surface area contributed by atoms with Crippen molar-refractivity contribution in [2.45, 2.75) is 15.8 Å². The highest BCUT2D eigenvalue weighted by Gasteiger charge is 2.29. The van der Waals surface area contributed by atoms with E-state index in [0.717, 1.165) is 6.07 Å². The van der Waals surface area contributed by atoms with E-state index < -0.39 is 36.6 Å². The smallest absolute Gasteiger partial charge is 0.238 e. The number of sulfone groups is 1. The van der Waals surface area contributed by atoms with E-state index >= 15 is 0 Å². The first-order valence-electron chi connectivity index (χ1n) is 6.25. The monoisotopic (exact) mass is 361 g/mol. The molecule has 0 aliphatic carbocycles. The molecule has 1 aromatic heterocycles. The molecule has 126 valence electrons. The van der Waals surface area contributed by atoms with Crippen molar-refractivity contribution in [2.75, 3.05) is 12.3 Å². The SMILES string of the molecule is NCC(N)CS(=O)(=O)c1cccc(S(N)(=O)=O)c1-c1nn[nH]n1. The summed E-state index contributed by atoms with van der Waals surface area (Å²) in [6, 6.07) is 2.82. The van der Waals surface area contributed by atoms with Crippen molar-refractivity contribution < 1.29 is 16.8 Å². The maximum atomic E-state index is 12.5. The van der Waals surface area contributed by atoms with Crippen LogP contribution in [0, 0.1) is 0 Å². The van der Waals surface area contributed by atoms with Crippen LogP contribution in [0.1, 0.15) is 0 Å². The molecule has 1 aromatic carbocycles. The Bertz CT molecular complexity index is 893. The molecule has 7 N–H and O–H groups in total. The Labute approximate surface area is 132 Å². The van der Waals surface area contributed by atoms with Crippen LogP contribution >= 0.6 is 0 Å². The molecule has 23 heavy (non-hydrogen) atoms. The molecule has 0 saturated heterocycles. The van der Waals surface area contributed by atoms with E-state index in [9.17, 15) is 16.8 Å². The van der Waals surface area contributed by atoms with Gasteiger partial charge in [-0.2, -0.15) is 5.21 Å². The molecule has 1 unspecified atom stereocenters. The van der Waals surface area contributed by atoms with Crippen LogP contribution in [0.2, 0.25) is 0 Å². The number of hydrogen-bond acceptors (Lipinski definition) is 9. The van der Waals surface area contributed by atoms with Gasteiger partial charge in [-0.05, 0) is 17.3 Å². The van der Waals surface area contributed by atoms with Gasteiger partial charge in [0.1, 0.15) is 0 Å². The van der Waals surface area contributed by atoms with Gasteiger partial charge in [0.15, 0.2) is 9.84 Å². The van der Waals surface area contributed by atoms with Gasteiger partial charge < -0.3 is 11.5 Å². The summed E-state index contributed by atoms with van der Waals surface area (Å²) in [6.45, 7) is -0.0499. The fraction of sp³-hybridized carbons (Fsp3) is 0.300. The maximum absolute atomic E-state index is 12.5. The topological polar surface area (TPSA) is 201 Å². The van der Waals surface area contributed by atoms with Gasteiger partial charge in [-0.3, -0.25) is 0 Å². The third-order valence-electron chi connectivity index (χ3n) is 2.93. The molecule has 0 amide bonds. The minimum Gasteiger partial charge on any atom is -0.329 e. The summed E-state index contributed by atoms with van der Waals surface area (Å²) >= 11 is 0. The lowest BCUT2D eigenvalue weighted by molar-refractivity contribution is 0.586. The first-order chi connectivity index (χ1) is 10.7. The van der Waals surface area contributed by atoms with Crippen LogP contribution < -0.4 is 16.6 Å². The Kier molecular flexibility index (Phi) is 4.76. The van der Waals surface area contributed by atoms with Gasteiger partial charge in [0.05, 0.1) is 21.1 Å². The first-order valence-corrected chi connectivity index (χ1v) is 9.44. The van der Waals surface area contributed by atoms with E-state index in [2.05, 4.69) is 20.6 Å². The lowest BCUT2D eigenvalue weighted by Crippen LogP contribution is -2.36. The number of nitrogens with one attached hydrogen (secondary N) is 1. The van der Waals surface area contributed by atoms with Crippen LogP contribution in [0.15, 0.2) is 28.0 Å². The summed E-state index contributed by atoms with van der Waals surface area (Å²) in [5.74, 6) is -0.683. The molecular weight excluding hydrogens is 346 g/mol. The fourth-order valence-electron chi connectivity index (χ4n) is 1.94. The second-order valence-corrected chi connectivity index (χ2v) is 8.22. The third kappa shape index (κ3) is 3.70. The summed E-state index contributed by atoms with van der Waals surface area (Å²) in [6.07, 6.45) is 0. The number of hydrogen-bond donors (Lipinski definition) is 4. The standard InChI is InChI=1S/C10H15N7O4S2/c11-4-6(12)5-22(18,19)7-2-1-3-8(23(13,20)21)9(7)10-14-16-17-15-10/h1-3,6H,4-5,11-12H2,(H2,13,20,21)(H,14,15,16,17). The minimum atomic E-state index is -4.22. The van der Waals surface area contributed by atoms with E-state index in [0.29, 0.717) is 0 Å². The van der Waals surface area contributed by atoms with Crippen molar-refractivity contribution in [2.24, 2.45) is 16.6 Å². The van der Waals surface area contributed by atoms with E-state index in [-0.39, 0.29) is 22.8 Å². The molecule has 2 aromatic rings. The second kappa shape index (κ2) is 6.29. The average molecular weight is 361 g/mol. The Morgan fingerprint density at radius 2 is 1.83 bits per heavy atom. The van der Waals surface area contributed by atoms with Crippen molar-refractivity contribution in [3.05, 3.63) is 18.2 Å². The summed E-state index contributed by atoms with van der Waals surface area (Å²) in [5, 5.41) is 17.9. The van der Waals surface area contributed by atoms with Crippen molar-refractivity contribution >= 4 is 19.9 Å².